The van der Waals surface area contributed by atoms with Crippen molar-refractivity contribution in [3.63, 3.8) is 0 Å². The van der Waals surface area contributed by atoms with Gasteiger partial charge < -0.3 is 10.2 Å². The Kier molecular flexibility index (Phi) is 5.50. The lowest BCUT2D eigenvalue weighted by Gasteiger charge is -2.34. The summed E-state index contributed by atoms with van der Waals surface area (Å²) in [6, 6.07) is 5.69. The van der Waals surface area contributed by atoms with Gasteiger partial charge in [-0.3, -0.25) is 9.69 Å². The van der Waals surface area contributed by atoms with Crippen LogP contribution in [0.4, 0.5) is 11.6 Å². The molecule has 2 heterocycles. The van der Waals surface area contributed by atoms with Crippen molar-refractivity contribution in [2.45, 2.75) is 13.8 Å². The molecular weight excluding hydrogens is 338 g/mol. The Morgan fingerprint density at radius 1 is 1.16 bits per heavy atom. The highest BCUT2D eigenvalue weighted by molar-refractivity contribution is 6.34. The van der Waals surface area contributed by atoms with Crippen LogP contribution < -0.4 is 10.2 Å². The van der Waals surface area contributed by atoms with E-state index in [4.69, 9.17) is 11.6 Å². The number of aryl methyl sites for hydroxylation is 2. The third-order valence-corrected chi connectivity index (χ3v) is 4.57. The molecule has 6 nitrogen and oxygen atoms in total. The number of halogens is 1. The molecule has 0 spiro atoms. The molecule has 0 radical (unpaired) electrons. The monoisotopic (exact) mass is 359 g/mol. The molecule has 0 atom stereocenters. The topological polar surface area (TPSA) is 61.4 Å². The normalized spacial score (nSPS) is 15.2. The average Bonchev–Trinajstić information content (AvgIpc) is 2.59. The van der Waals surface area contributed by atoms with Gasteiger partial charge in [-0.1, -0.05) is 17.7 Å². The fourth-order valence-electron chi connectivity index (χ4n) is 3.02. The molecule has 1 saturated heterocycles. The molecule has 1 aromatic heterocycles. The van der Waals surface area contributed by atoms with Gasteiger partial charge in [0.05, 0.1) is 17.3 Å². The molecular formula is C18H22ClN5O. The van der Waals surface area contributed by atoms with E-state index in [0.717, 1.165) is 43.3 Å². The molecule has 25 heavy (non-hydrogen) atoms. The van der Waals surface area contributed by atoms with Crippen LogP contribution in [0.5, 0.6) is 0 Å². The zero-order valence-corrected chi connectivity index (χ0v) is 15.3. The lowest BCUT2D eigenvalue weighted by atomic mass is 10.1. The van der Waals surface area contributed by atoms with Crippen molar-refractivity contribution in [1.29, 1.82) is 0 Å². The number of benzene rings is 1. The summed E-state index contributed by atoms with van der Waals surface area (Å²) in [5.74, 6) is 0.701. The predicted molar refractivity (Wildman–Crippen MR) is 100 cm³/mol. The second kappa shape index (κ2) is 7.80. The predicted octanol–water partition coefficient (Wildman–Crippen LogP) is 2.51. The Morgan fingerprint density at radius 2 is 1.84 bits per heavy atom. The van der Waals surface area contributed by atoms with E-state index < -0.39 is 0 Å². The minimum atomic E-state index is -0.0433. The lowest BCUT2D eigenvalue weighted by Crippen LogP contribution is -2.49. The fourth-order valence-corrected chi connectivity index (χ4v) is 3.38. The number of carbonyl (C=O) groups is 1. The Hall–Kier alpha value is -2.18. The van der Waals surface area contributed by atoms with Crippen LogP contribution in [0.3, 0.4) is 0 Å². The Balaban J connectivity index is 1.53. The van der Waals surface area contributed by atoms with Gasteiger partial charge in [-0.15, -0.1) is 0 Å². The molecule has 132 valence electrons. The second-order valence-corrected chi connectivity index (χ2v) is 6.71. The maximum absolute atomic E-state index is 12.4. The molecule has 0 unspecified atom stereocenters. The van der Waals surface area contributed by atoms with Crippen LogP contribution in [-0.4, -0.2) is 53.5 Å². The van der Waals surface area contributed by atoms with Gasteiger partial charge in [0.15, 0.2) is 0 Å². The SMILES string of the molecule is Cc1cc(C)c(NC(=O)CN2CCN(c3ncccn3)CC2)c(Cl)c1. The summed E-state index contributed by atoms with van der Waals surface area (Å²) in [7, 11) is 0. The van der Waals surface area contributed by atoms with Gasteiger partial charge in [-0.25, -0.2) is 9.97 Å². The Morgan fingerprint density at radius 3 is 2.48 bits per heavy atom. The highest BCUT2D eigenvalue weighted by Gasteiger charge is 2.21. The highest BCUT2D eigenvalue weighted by Crippen LogP contribution is 2.27. The van der Waals surface area contributed by atoms with E-state index in [0.29, 0.717) is 17.3 Å². The molecule has 1 fully saturated rings. The summed E-state index contributed by atoms with van der Waals surface area (Å²) in [6.45, 7) is 7.50. The molecule has 2 aromatic rings. The number of anilines is 2. The summed E-state index contributed by atoms with van der Waals surface area (Å²) in [4.78, 5) is 25.2. The van der Waals surface area contributed by atoms with E-state index in [1.807, 2.05) is 32.0 Å². The van der Waals surface area contributed by atoms with Crippen LogP contribution >= 0.6 is 11.6 Å². The minimum absolute atomic E-state index is 0.0433. The minimum Gasteiger partial charge on any atom is -0.338 e. The van der Waals surface area contributed by atoms with Gasteiger partial charge in [-0.2, -0.15) is 0 Å². The van der Waals surface area contributed by atoms with E-state index in [-0.39, 0.29) is 5.91 Å². The molecule has 1 N–H and O–H groups in total. The van der Waals surface area contributed by atoms with Gasteiger partial charge in [-0.05, 0) is 37.1 Å². The zero-order chi connectivity index (χ0) is 17.8. The molecule has 1 aromatic carbocycles. The van der Waals surface area contributed by atoms with E-state index in [9.17, 15) is 4.79 Å². The van der Waals surface area contributed by atoms with E-state index in [1.165, 1.54) is 0 Å². The van der Waals surface area contributed by atoms with Crippen molar-refractivity contribution < 1.29 is 4.79 Å². The summed E-state index contributed by atoms with van der Waals surface area (Å²) >= 11 is 6.26. The molecule has 1 amide bonds. The third kappa shape index (κ3) is 4.46. The van der Waals surface area contributed by atoms with Gasteiger partial charge in [0.25, 0.3) is 0 Å². The first-order valence-corrected chi connectivity index (χ1v) is 8.71. The Labute approximate surface area is 152 Å². The van der Waals surface area contributed by atoms with Crippen LogP contribution in [-0.2, 0) is 4.79 Å². The standard InChI is InChI=1S/C18H22ClN5O/c1-13-10-14(2)17(15(19)11-13)22-16(25)12-23-6-8-24(9-7-23)18-20-4-3-5-21-18/h3-5,10-11H,6-9,12H2,1-2H3,(H,22,25). The van der Waals surface area contributed by atoms with Crippen LogP contribution in [0.1, 0.15) is 11.1 Å². The first-order valence-electron chi connectivity index (χ1n) is 8.34. The number of nitrogens with one attached hydrogen (secondary N) is 1. The average molecular weight is 360 g/mol. The molecule has 0 bridgehead atoms. The number of hydrogen-bond acceptors (Lipinski definition) is 5. The molecule has 7 heteroatoms. The number of aromatic nitrogens is 2. The van der Waals surface area contributed by atoms with Crippen LogP contribution in [0.15, 0.2) is 30.6 Å². The molecule has 1 aliphatic heterocycles. The van der Waals surface area contributed by atoms with Crippen molar-refractivity contribution in [1.82, 2.24) is 14.9 Å². The van der Waals surface area contributed by atoms with Crippen LogP contribution in [0, 0.1) is 13.8 Å². The summed E-state index contributed by atoms with van der Waals surface area (Å²) in [5.41, 5.74) is 2.76. The maximum Gasteiger partial charge on any atom is 0.238 e. The number of rotatable bonds is 4. The summed E-state index contributed by atoms with van der Waals surface area (Å²) in [6.07, 6.45) is 3.49. The van der Waals surface area contributed by atoms with Crippen molar-refractivity contribution >= 4 is 29.1 Å². The fraction of sp³-hybridized carbons (Fsp3) is 0.389. The maximum atomic E-state index is 12.4. The van der Waals surface area contributed by atoms with Gasteiger partial charge in [0.1, 0.15) is 0 Å². The smallest absolute Gasteiger partial charge is 0.238 e. The zero-order valence-electron chi connectivity index (χ0n) is 14.5. The van der Waals surface area contributed by atoms with Crippen molar-refractivity contribution in [2.24, 2.45) is 0 Å². The number of nitrogens with zero attached hydrogens (tertiary/aromatic N) is 4. The first kappa shape index (κ1) is 17.6. The summed E-state index contributed by atoms with van der Waals surface area (Å²) in [5, 5.41) is 3.53. The Bertz CT molecular complexity index is 721. The lowest BCUT2D eigenvalue weighted by molar-refractivity contribution is -0.117. The third-order valence-electron chi connectivity index (χ3n) is 4.27. The van der Waals surface area contributed by atoms with Gasteiger partial charge in [0.2, 0.25) is 11.9 Å². The van der Waals surface area contributed by atoms with Gasteiger partial charge in [0, 0.05) is 38.6 Å². The summed E-state index contributed by atoms with van der Waals surface area (Å²) < 4.78 is 0. The number of carbonyl (C=O) groups excluding carboxylic acids is 1. The highest BCUT2D eigenvalue weighted by atomic mass is 35.5. The number of piperazine rings is 1. The molecule has 1 aliphatic rings. The first-order chi connectivity index (χ1) is 12.0. The van der Waals surface area contributed by atoms with E-state index >= 15 is 0 Å². The molecule has 0 aliphatic carbocycles. The largest absolute Gasteiger partial charge is 0.338 e. The van der Waals surface area contributed by atoms with E-state index in [1.54, 1.807) is 12.4 Å². The number of hydrogen-bond donors (Lipinski definition) is 1. The van der Waals surface area contributed by atoms with Crippen molar-refractivity contribution in [3.05, 3.63) is 46.7 Å². The van der Waals surface area contributed by atoms with Crippen molar-refractivity contribution in [2.75, 3.05) is 42.9 Å². The quantitative estimate of drug-likeness (QED) is 0.908. The molecule has 3 rings (SSSR count). The van der Waals surface area contributed by atoms with Crippen molar-refractivity contribution in [3.8, 4) is 0 Å². The van der Waals surface area contributed by atoms with E-state index in [2.05, 4.69) is 25.1 Å². The second-order valence-electron chi connectivity index (χ2n) is 6.30. The van der Waals surface area contributed by atoms with Gasteiger partial charge >= 0.3 is 0 Å². The van der Waals surface area contributed by atoms with Crippen LogP contribution in [0.2, 0.25) is 5.02 Å². The van der Waals surface area contributed by atoms with Crippen LogP contribution in [0.25, 0.3) is 0 Å². The molecule has 0 saturated carbocycles. The number of amides is 1.